The summed E-state index contributed by atoms with van der Waals surface area (Å²) in [5.74, 6) is -4.13. The van der Waals surface area contributed by atoms with Gasteiger partial charge < -0.3 is 19.9 Å². The number of carboxylic acid groups (broad SMARTS) is 1. The van der Waals surface area contributed by atoms with Gasteiger partial charge in [-0.25, -0.2) is 9.59 Å². The number of fused-ring (bicyclic) bond motifs is 1. The summed E-state index contributed by atoms with van der Waals surface area (Å²) in [6.07, 6.45) is -1.32. The molecule has 0 spiro atoms. The second kappa shape index (κ2) is 11.1. The van der Waals surface area contributed by atoms with E-state index in [-0.39, 0.29) is 30.1 Å². The number of amides is 2. The van der Waals surface area contributed by atoms with Crippen molar-refractivity contribution >= 4 is 47.7 Å². The Morgan fingerprint density at radius 1 is 1.18 bits per heavy atom. The molecule has 2 unspecified atom stereocenters. The van der Waals surface area contributed by atoms with E-state index in [9.17, 15) is 39.2 Å². The van der Waals surface area contributed by atoms with Gasteiger partial charge in [0, 0.05) is 23.4 Å². The van der Waals surface area contributed by atoms with Crippen molar-refractivity contribution in [3.63, 3.8) is 0 Å². The molecule has 4 rings (SSSR count). The second-order valence-corrected chi connectivity index (χ2v) is 9.16. The van der Waals surface area contributed by atoms with Gasteiger partial charge in [-0.2, -0.15) is 0 Å². The normalized spacial score (nSPS) is 18.9. The van der Waals surface area contributed by atoms with Crippen molar-refractivity contribution in [1.29, 1.82) is 0 Å². The van der Waals surface area contributed by atoms with Crippen LogP contribution >= 0.6 is 11.8 Å². The van der Waals surface area contributed by atoms with E-state index in [1.807, 2.05) is 0 Å². The Bertz CT molecular complexity index is 1330. The second-order valence-electron chi connectivity index (χ2n) is 8.05. The third kappa shape index (κ3) is 5.20. The molecule has 0 aromatic heterocycles. The zero-order valence-corrected chi connectivity index (χ0v) is 20.2. The molecule has 38 heavy (non-hydrogen) atoms. The number of rotatable bonds is 10. The predicted molar refractivity (Wildman–Crippen MR) is 129 cm³/mol. The van der Waals surface area contributed by atoms with Crippen molar-refractivity contribution in [3.8, 4) is 0 Å². The molecule has 0 radical (unpaired) electrons. The van der Waals surface area contributed by atoms with Crippen LogP contribution < -0.4 is 5.32 Å². The highest BCUT2D eigenvalue weighted by atomic mass is 32.2. The number of carbonyl (C=O) groups is 5. The number of esters is 1. The van der Waals surface area contributed by atoms with Gasteiger partial charge in [0.2, 0.25) is 6.10 Å². The lowest BCUT2D eigenvalue weighted by Crippen LogP contribution is -2.71. The molecule has 196 valence electrons. The molecule has 0 bridgehead atoms. The number of nitro benzene ring substituents is 1. The molecule has 2 aliphatic heterocycles. The van der Waals surface area contributed by atoms with Crippen molar-refractivity contribution in [1.82, 2.24) is 10.2 Å². The van der Waals surface area contributed by atoms with Gasteiger partial charge in [-0.3, -0.25) is 29.4 Å². The molecule has 2 aromatic carbocycles. The Balaban J connectivity index is 1.46. The first-order valence-corrected chi connectivity index (χ1v) is 12.0. The first-order chi connectivity index (χ1) is 18.2. The van der Waals surface area contributed by atoms with Crippen LogP contribution in [0, 0.1) is 10.1 Å². The Morgan fingerprint density at radius 2 is 1.87 bits per heavy atom. The topological polar surface area (TPSA) is 182 Å². The molecule has 0 aliphatic carbocycles. The van der Waals surface area contributed by atoms with Gasteiger partial charge in [-0.1, -0.05) is 30.3 Å². The molecule has 0 saturated carbocycles. The van der Waals surface area contributed by atoms with Crippen LogP contribution in [0.25, 0.3) is 0 Å². The first-order valence-electron chi connectivity index (χ1n) is 11.0. The predicted octanol–water partition coefficient (Wildman–Crippen LogP) is 1.29. The van der Waals surface area contributed by atoms with Gasteiger partial charge in [-0.15, -0.1) is 11.8 Å². The molecule has 2 aromatic rings. The van der Waals surface area contributed by atoms with E-state index in [0.29, 0.717) is 11.1 Å². The van der Waals surface area contributed by atoms with E-state index in [1.165, 1.54) is 24.3 Å². The summed E-state index contributed by atoms with van der Waals surface area (Å²) < 4.78 is 10.1. The van der Waals surface area contributed by atoms with E-state index < -0.39 is 51.9 Å². The fourth-order valence-electron chi connectivity index (χ4n) is 3.93. The lowest BCUT2D eigenvalue weighted by atomic mass is 10.0. The third-order valence-corrected chi connectivity index (χ3v) is 7.04. The van der Waals surface area contributed by atoms with Crippen LogP contribution in [-0.4, -0.2) is 62.3 Å². The summed E-state index contributed by atoms with van der Waals surface area (Å²) in [4.78, 5) is 72.4. The zero-order chi connectivity index (χ0) is 27.4. The third-order valence-electron chi connectivity index (χ3n) is 5.76. The highest BCUT2D eigenvalue weighted by Gasteiger charge is 2.55. The Morgan fingerprint density at radius 3 is 2.47 bits per heavy atom. The number of nitrogens with zero attached hydrogens (tertiary/aromatic N) is 2. The number of thioether (sulfide) groups is 1. The van der Waals surface area contributed by atoms with Gasteiger partial charge in [0.1, 0.15) is 23.7 Å². The molecular formula is C24H19N3O10S. The summed E-state index contributed by atoms with van der Waals surface area (Å²) in [6.45, 7) is -0.160. The molecule has 14 heteroatoms. The van der Waals surface area contributed by atoms with Gasteiger partial charge in [0.25, 0.3) is 24.0 Å². The number of carbonyl (C=O) groups excluding carboxylic acids is 4. The van der Waals surface area contributed by atoms with Crippen molar-refractivity contribution in [3.05, 3.63) is 87.1 Å². The number of aliphatic carboxylic acids is 1. The summed E-state index contributed by atoms with van der Waals surface area (Å²) in [7, 11) is 0. The average Bonchev–Trinajstić information content (AvgIpc) is 2.92. The fraction of sp³-hybridized carbons (Fsp3) is 0.208. The quantitative estimate of drug-likeness (QED) is 0.145. The highest BCUT2D eigenvalue weighted by molar-refractivity contribution is 8.00. The number of benzene rings is 2. The van der Waals surface area contributed by atoms with E-state index in [2.05, 4.69) is 5.32 Å². The first kappa shape index (κ1) is 26.3. The highest BCUT2D eigenvalue weighted by Crippen LogP contribution is 2.41. The Hall–Kier alpha value is -4.72. The molecule has 1 saturated heterocycles. The monoisotopic (exact) mass is 541 g/mol. The van der Waals surface area contributed by atoms with Crippen molar-refractivity contribution in [2.45, 2.75) is 24.1 Å². The van der Waals surface area contributed by atoms with Gasteiger partial charge in [0.05, 0.1) is 10.5 Å². The molecular weight excluding hydrogens is 522 g/mol. The number of ether oxygens (including phenoxy) is 2. The maximum atomic E-state index is 12.9. The smallest absolute Gasteiger partial charge is 0.353 e. The summed E-state index contributed by atoms with van der Waals surface area (Å²) in [5.41, 5.74) is -0.124. The minimum absolute atomic E-state index is 0.112. The largest absolute Gasteiger partial charge is 0.477 e. The molecule has 1 fully saturated rings. The molecule has 2 amide bonds. The SMILES string of the molecule is O=COC(C(=O)NC1C(=O)N2C(C(=O)O)=C(C(=O)OCc3ccc([N+](=O)[O-])cc3)CS[C@H]12)c1ccccc1. The maximum Gasteiger partial charge on any atom is 0.353 e. The van der Waals surface area contributed by atoms with Gasteiger partial charge in [0.15, 0.2) is 0 Å². The minimum atomic E-state index is -1.53. The molecule has 13 nitrogen and oxygen atoms in total. The van der Waals surface area contributed by atoms with Crippen LogP contribution in [0.3, 0.4) is 0 Å². The maximum absolute atomic E-state index is 12.9. The lowest BCUT2D eigenvalue weighted by molar-refractivity contribution is -0.384. The summed E-state index contributed by atoms with van der Waals surface area (Å²) in [6, 6.07) is 12.3. The van der Waals surface area contributed by atoms with E-state index in [4.69, 9.17) is 9.47 Å². The summed E-state index contributed by atoms with van der Waals surface area (Å²) in [5, 5.41) is 22.2. The van der Waals surface area contributed by atoms with Crippen LogP contribution in [0.1, 0.15) is 17.2 Å². The van der Waals surface area contributed by atoms with Crippen molar-refractivity contribution < 1.29 is 43.5 Å². The average molecular weight is 541 g/mol. The molecule has 2 N–H and O–H groups in total. The summed E-state index contributed by atoms with van der Waals surface area (Å²) >= 11 is 1.06. The standard InChI is InChI=1S/C24H19N3O10S/c28-12-37-19(14-4-2-1-3-5-14)20(29)25-17-21(30)26-18(23(31)32)16(11-38-22(17)26)24(33)36-10-13-6-8-15(9-7-13)27(34)35/h1-9,12,17,19,22H,10-11H2,(H,25,29)(H,31,32)/t17?,19?,22-/m1/s1. The Kier molecular flexibility index (Phi) is 7.71. The van der Waals surface area contributed by atoms with Crippen LogP contribution in [0.5, 0.6) is 0 Å². The number of nitro groups is 1. The number of hydrogen-bond donors (Lipinski definition) is 2. The Labute approximate surface area is 218 Å². The van der Waals surface area contributed by atoms with Crippen LogP contribution in [0.4, 0.5) is 5.69 Å². The van der Waals surface area contributed by atoms with E-state index >= 15 is 0 Å². The van der Waals surface area contributed by atoms with Crippen LogP contribution in [0.2, 0.25) is 0 Å². The molecule has 2 aliphatic rings. The van der Waals surface area contributed by atoms with Crippen molar-refractivity contribution in [2.24, 2.45) is 0 Å². The van der Waals surface area contributed by atoms with Crippen LogP contribution in [0.15, 0.2) is 65.9 Å². The number of β-lactam (4-membered cyclic amide) rings is 1. The van der Waals surface area contributed by atoms with Crippen molar-refractivity contribution in [2.75, 3.05) is 5.75 Å². The number of hydrogen-bond acceptors (Lipinski definition) is 10. The van der Waals surface area contributed by atoms with E-state index in [1.54, 1.807) is 30.3 Å². The number of nitrogens with one attached hydrogen (secondary N) is 1. The van der Waals surface area contributed by atoms with Crippen LogP contribution in [-0.2, 0) is 40.1 Å². The van der Waals surface area contributed by atoms with E-state index in [0.717, 1.165) is 16.7 Å². The molecule has 3 atom stereocenters. The van der Waals surface area contributed by atoms with Gasteiger partial charge in [-0.05, 0) is 17.7 Å². The van der Waals surface area contributed by atoms with Gasteiger partial charge >= 0.3 is 11.9 Å². The zero-order valence-electron chi connectivity index (χ0n) is 19.3. The lowest BCUT2D eigenvalue weighted by Gasteiger charge is -2.49. The number of carboxylic acids is 1. The minimum Gasteiger partial charge on any atom is -0.477 e. The number of non-ortho nitro benzene ring substituents is 1. The fourth-order valence-corrected chi connectivity index (χ4v) is 5.26. The molecule has 2 heterocycles.